The first kappa shape index (κ1) is 7.81. The normalized spacial score (nSPS) is 29.4. The van der Waals surface area contributed by atoms with Crippen molar-refractivity contribution >= 4 is 0 Å². The molecule has 1 N–H and O–H groups in total. The maximum absolute atomic E-state index is 11.8. The maximum atomic E-state index is 11.8. The van der Waals surface area contributed by atoms with Crippen LogP contribution in [0.1, 0.15) is 0 Å². The maximum Gasteiger partial charge on any atom is 0.405 e. The zero-order chi connectivity index (χ0) is 7.78. The van der Waals surface area contributed by atoms with Gasteiger partial charge in [0.15, 0.2) is 0 Å². The van der Waals surface area contributed by atoms with Gasteiger partial charge in [-0.3, -0.25) is 10.2 Å². The van der Waals surface area contributed by atoms with Gasteiger partial charge in [0, 0.05) is 6.54 Å². The second kappa shape index (κ2) is 2.39. The van der Waals surface area contributed by atoms with E-state index in [2.05, 4.69) is 5.32 Å². The van der Waals surface area contributed by atoms with Gasteiger partial charge in [0.25, 0.3) is 0 Å². The zero-order valence-electron chi connectivity index (χ0n) is 5.44. The molecule has 0 bridgehead atoms. The number of likely N-dealkylation sites (N-methyl/N-ethyl adjacent to an activating group) is 1. The molecule has 1 heterocycles. The molecule has 0 aliphatic carbocycles. The Bertz CT molecular complexity index is 123. The number of nitrogens with zero attached hydrogens (tertiary/aromatic N) is 1. The number of halogens is 3. The molecule has 0 aromatic rings. The number of rotatable bonds is 0. The van der Waals surface area contributed by atoms with E-state index in [1.165, 1.54) is 11.6 Å². The molecule has 1 rings (SSSR count). The third-order valence-electron chi connectivity index (χ3n) is 1.36. The van der Waals surface area contributed by atoms with Crippen molar-refractivity contribution < 1.29 is 13.2 Å². The first-order valence-electron chi connectivity index (χ1n) is 2.86. The summed E-state index contributed by atoms with van der Waals surface area (Å²) in [4.78, 5) is 1.47. The summed E-state index contributed by atoms with van der Waals surface area (Å²) in [5.41, 5.74) is 0. The van der Waals surface area contributed by atoms with Crippen molar-refractivity contribution in [2.75, 3.05) is 13.6 Å². The third-order valence-corrected chi connectivity index (χ3v) is 1.36. The van der Waals surface area contributed by atoms with Crippen LogP contribution in [0.25, 0.3) is 0 Å². The summed E-state index contributed by atoms with van der Waals surface area (Å²) in [5.74, 6) is 0. The smallest absolute Gasteiger partial charge is 0.287 e. The highest BCUT2D eigenvalue weighted by Crippen LogP contribution is 2.23. The summed E-state index contributed by atoms with van der Waals surface area (Å²) in [7, 11) is 1.60. The van der Waals surface area contributed by atoms with E-state index in [-0.39, 0.29) is 6.54 Å². The lowest BCUT2D eigenvalue weighted by Crippen LogP contribution is -2.38. The molecule has 5 heteroatoms. The molecule has 0 saturated carbocycles. The molecule has 1 saturated heterocycles. The van der Waals surface area contributed by atoms with E-state index in [0.717, 1.165) is 0 Å². The minimum atomic E-state index is -4.12. The highest BCUT2D eigenvalue weighted by Gasteiger charge is 2.42. The number of hydrogen-bond acceptors (Lipinski definition) is 2. The highest BCUT2D eigenvalue weighted by molar-refractivity contribution is 4.88. The fraction of sp³-hybridized carbons (Fsp3) is 0.800. The first-order chi connectivity index (χ1) is 4.50. The van der Waals surface area contributed by atoms with Crippen LogP contribution >= 0.6 is 0 Å². The summed E-state index contributed by atoms with van der Waals surface area (Å²) in [6, 6.07) is -1.39. The van der Waals surface area contributed by atoms with E-state index in [1.54, 1.807) is 7.05 Å². The van der Waals surface area contributed by atoms with Gasteiger partial charge in [0.05, 0.1) is 6.67 Å². The molecule has 10 heavy (non-hydrogen) atoms. The van der Waals surface area contributed by atoms with E-state index in [9.17, 15) is 13.2 Å². The minimum absolute atomic E-state index is 0.00347. The molecule has 1 atom stereocenters. The fourth-order valence-corrected chi connectivity index (χ4v) is 0.809. The van der Waals surface area contributed by atoms with Crippen LogP contribution in [0.5, 0.6) is 0 Å². The number of nitrogens with one attached hydrogen (secondary N) is 1. The molecular weight excluding hydrogens is 145 g/mol. The van der Waals surface area contributed by atoms with Gasteiger partial charge in [-0.15, -0.1) is 0 Å². The molecular formula is C5H8F3N2. The molecule has 1 fully saturated rings. The number of alkyl halides is 3. The Morgan fingerprint density at radius 1 is 1.60 bits per heavy atom. The average molecular weight is 153 g/mol. The summed E-state index contributed by atoms with van der Waals surface area (Å²) in [5, 5.41) is 2.22. The van der Waals surface area contributed by atoms with Gasteiger partial charge in [-0.2, -0.15) is 13.2 Å². The summed E-state index contributed by atoms with van der Waals surface area (Å²) in [6.07, 6.45) is -4.12. The van der Waals surface area contributed by atoms with Crippen LogP contribution in [0.3, 0.4) is 0 Å². The molecule has 1 unspecified atom stereocenters. The van der Waals surface area contributed by atoms with Crippen molar-refractivity contribution in [2.24, 2.45) is 0 Å². The quantitative estimate of drug-likeness (QED) is 0.547. The van der Waals surface area contributed by atoms with Crippen LogP contribution in [-0.4, -0.2) is 30.7 Å². The van der Waals surface area contributed by atoms with Gasteiger partial charge in [-0.25, -0.2) is 0 Å². The van der Waals surface area contributed by atoms with Crippen molar-refractivity contribution in [1.29, 1.82) is 0 Å². The van der Waals surface area contributed by atoms with Crippen molar-refractivity contribution in [3.8, 4) is 0 Å². The van der Waals surface area contributed by atoms with Crippen LogP contribution in [0.4, 0.5) is 13.2 Å². The monoisotopic (exact) mass is 153 g/mol. The molecule has 0 amide bonds. The lowest BCUT2D eigenvalue weighted by atomic mass is 10.3. The summed E-state index contributed by atoms with van der Waals surface area (Å²) >= 11 is 0. The standard InChI is InChI=1S/C5H8F3N2/c1-10-2-4(9-3-10)5(6,7)8/h3-4,9H,2H2,1H3. The summed E-state index contributed by atoms with van der Waals surface area (Å²) < 4.78 is 35.5. The molecule has 0 aromatic carbocycles. The highest BCUT2D eigenvalue weighted by atomic mass is 19.4. The lowest BCUT2D eigenvalue weighted by molar-refractivity contribution is -0.149. The first-order valence-corrected chi connectivity index (χ1v) is 2.86. The second-order valence-corrected chi connectivity index (χ2v) is 2.33. The predicted molar refractivity (Wildman–Crippen MR) is 29.9 cm³/mol. The van der Waals surface area contributed by atoms with Gasteiger partial charge in [0.2, 0.25) is 0 Å². The molecule has 2 nitrogen and oxygen atoms in total. The lowest BCUT2D eigenvalue weighted by Gasteiger charge is -2.13. The van der Waals surface area contributed by atoms with Crippen LogP contribution < -0.4 is 5.32 Å². The Morgan fingerprint density at radius 3 is 2.40 bits per heavy atom. The molecule has 1 aliphatic rings. The fourth-order valence-electron chi connectivity index (χ4n) is 0.809. The number of hydrogen-bond donors (Lipinski definition) is 1. The zero-order valence-corrected chi connectivity index (χ0v) is 5.44. The third kappa shape index (κ3) is 1.60. The Kier molecular flexibility index (Phi) is 1.87. The van der Waals surface area contributed by atoms with Crippen LogP contribution in [0, 0.1) is 6.67 Å². The van der Waals surface area contributed by atoms with E-state index in [1.807, 2.05) is 0 Å². The van der Waals surface area contributed by atoms with Crippen LogP contribution in [0.2, 0.25) is 0 Å². The van der Waals surface area contributed by atoms with E-state index in [4.69, 9.17) is 0 Å². The molecule has 1 radical (unpaired) electrons. The van der Waals surface area contributed by atoms with Crippen molar-refractivity contribution in [2.45, 2.75) is 12.2 Å². The largest absolute Gasteiger partial charge is 0.405 e. The molecule has 0 aromatic heterocycles. The Hall–Kier alpha value is -0.290. The van der Waals surface area contributed by atoms with Gasteiger partial charge in [0.1, 0.15) is 6.04 Å². The van der Waals surface area contributed by atoms with Crippen LogP contribution in [-0.2, 0) is 0 Å². The molecule has 1 aliphatic heterocycles. The van der Waals surface area contributed by atoms with E-state index in [0.29, 0.717) is 0 Å². The van der Waals surface area contributed by atoms with E-state index >= 15 is 0 Å². The average Bonchev–Trinajstić information content (AvgIpc) is 2.11. The predicted octanol–water partition coefficient (Wildman–Crippen LogP) is 0.572. The van der Waals surface area contributed by atoms with E-state index < -0.39 is 12.2 Å². The molecule has 0 spiro atoms. The minimum Gasteiger partial charge on any atom is -0.287 e. The topological polar surface area (TPSA) is 15.3 Å². The SMILES string of the molecule is CN1[CH]NC(C(F)(F)F)C1. The Labute approximate surface area is 57.0 Å². The van der Waals surface area contributed by atoms with Gasteiger partial charge < -0.3 is 0 Å². The van der Waals surface area contributed by atoms with Crippen molar-refractivity contribution in [1.82, 2.24) is 10.2 Å². The Balaban J connectivity index is 2.45. The van der Waals surface area contributed by atoms with Gasteiger partial charge in [-0.05, 0) is 7.05 Å². The second-order valence-electron chi connectivity index (χ2n) is 2.33. The summed E-state index contributed by atoms with van der Waals surface area (Å²) in [6.45, 7) is 1.33. The Morgan fingerprint density at radius 2 is 2.20 bits per heavy atom. The van der Waals surface area contributed by atoms with Crippen LogP contribution in [0.15, 0.2) is 0 Å². The van der Waals surface area contributed by atoms with Crippen molar-refractivity contribution in [3.63, 3.8) is 0 Å². The molecule has 59 valence electrons. The van der Waals surface area contributed by atoms with Crippen molar-refractivity contribution in [3.05, 3.63) is 6.67 Å². The van der Waals surface area contributed by atoms with Gasteiger partial charge >= 0.3 is 6.18 Å². The van der Waals surface area contributed by atoms with Gasteiger partial charge in [-0.1, -0.05) is 0 Å².